The average molecular weight is 502 g/mol. The Hall–Kier alpha value is -5.40. The van der Waals surface area contributed by atoms with Gasteiger partial charge in [-0.15, -0.1) is 0 Å². The van der Waals surface area contributed by atoms with E-state index < -0.39 is 120 Å². The summed E-state index contributed by atoms with van der Waals surface area (Å²) in [6.07, 6.45) is 0. The predicted molar refractivity (Wildman–Crippen MR) is 112 cm³/mol. The highest BCUT2D eigenvalue weighted by Gasteiger charge is 2.44. The molecule has 4 rings (SSSR count). The first-order valence-electron chi connectivity index (χ1n) is 9.71. The Bertz CT molecular complexity index is 1440. The Morgan fingerprint density at radius 3 is 0.861 bits per heavy atom. The zero-order valence-corrected chi connectivity index (χ0v) is 17.7. The molecule has 0 saturated carbocycles. The molecule has 0 bridgehead atoms. The lowest BCUT2D eigenvalue weighted by molar-refractivity contribution is 0.0874. The minimum absolute atomic E-state index is 0.872. The number of Topliss-reactive ketones (excluding diaryl/α,β-unsaturated/α-hetero) is 4. The molecule has 2 aliphatic carbocycles. The van der Waals surface area contributed by atoms with Gasteiger partial charge in [0, 0.05) is 17.0 Å². The predicted octanol–water partition coefficient (Wildman–Crippen LogP) is 1.49. The van der Waals surface area contributed by atoms with Crippen LogP contribution in [0.25, 0.3) is 0 Å². The van der Waals surface area contributed by atoms with Crippen molar-refractivity contribution in [2.45, 2.75) is 12.8 Å². The second kappa shape index (κ2) is 7.30. The summed E-state index contributed by atoms with van der Waals surface area (Å²) in [6.45, 7) is 1.01. The van der Waals surface area contributed by atoms with Crippen molar-refractivity contribution in [3.05, 3.63) is 56.4 Å². The molecule has 36 heavy (non-hydrogen) atoms. The molecule has 0 amide bonds. The van der Waals surface area contributed by atoms with E-state index in [0.29, 0.717) is 0 Å². The Labute approximate surface area is 197 Å². The number of aliphatic hydroxyl groups excluding tert-OH is 4. The van der Waals surface area contributed by atoms with E-state index in [4.69, 9.17) is 0 Å². The molecule has 0 aromatic heterocycles. The number of aliphatic hydroxyl groups is 4. The molecule has 10 N–H and O–H groups in total. The summed E-state index contributed by atoms with van der Waals surface area (Å²) in [5, 5.41) is 102. The van der Waals surface area contributed by atoms with Crippen LogP contribution in [-0.4, -0.2) is 74.2 Å². The molecule has 0 spiro atoms. The number of hydrogen-bond acceptors (Lipinski definition) is 14. The molecular weight excluding hydrogens is 488 g/mol. The van der Waals surface area contributed by atoms with Crippen LogP contribution in [0.5, 0.6) is 34.5 Å². The van der Waals surface area contributed by atoms with Crippen molar-refractivity contribution in [2.75, 3.05) is 0 Å². The molecule has 0 atom stereocenters. The van der Waals surface area contributed by atoms with E-state index >= 15 is 0 Å². The number of carbonyl (C=O) groups is 4. The van der Waals surface area contributed by atoms with Gasteiger partial charge in [-0.25, -0.2) is 0 Å². The lowest BCUT2D eigenvalue weighted by Gasteiger charge is -2.26. The first-order valence-corrected chi connectivity index (χ1v) is 9.71. The standard InChI is InChI=1S/C22H14O14/c1-2(3-9(23)5-7(13(27)11(3)25)17(31)21(35)19(33)15(5)29)4-10(24)6-8(14(28)12(4)26)18(32)22(36)20(34)16(6)30/h2,23-28,33-36H,1H3. The molecule has 2 aromatic carbocycles. The highest BCUT2D eigenvalue weighted by molar-refractivity contribution is 6.28. The second-order valence-corrected chi connectivity index (χ2v) is 7.85. The van der Waals surface area contributed by atoms with Gasteiger partial charge in [-0.3, -0.25) is 19.2 Å². The number of hydrogen-bond donors (Lipinski definition) is 10. The third-order valence-electron chi connectivity index (χ3n) is 6.00. The van der Waals surface area contributed by atoms with E-state index in [1.807, 2.05) is 0 Å². The SMILES string of the molecule is CC(c1c(O)c(O)c2c(c1O)C(=O)C(O)=C(O)C2=O)c1c(O)c(O)c2c(c1O)C(=O)C(O)=C(O)C2=O. The second-order valence-electron chi connectivity index (χ2n) is 7.85. The maximum Gasteiger partial charge on any atom is 0.236 e. The largest absolute Gasteiger partial charge is 0.507 e. The van der Waals surface area contributed by atoms with E-state index in [-0.39, 0.29) is 0 Å². The van der Waals surface area contributed by atoms with Crippen molar-refractivity contribution in [3.8, 4) is 34.5 Å². The van der Waals surface area contributed by atoms with Crippen molar-refractivity contribution >= 4 is 23.1 Å². The summed E-state index contributed by atoms with van der Waals surface area (Å²) in [5.41, 5.74) is -6.02. The number of benzene rings is 2. The molecule has 0 heterocycles. The molecule has 186 valence electrons. The summed E-state index contributed by atoms with van der Waals surface area (Å²) < 4.78 is 0. The first-order chi connectivity index (χ1) is 16.7. The third-order valence-corrected chi connectivity index (χ3v) is 6.00. The Kier molecular flexibility index (Phi) is 4.81. The van der Waals surface area contributed by atoms with Crippen LogP contribution in [0.15, 0.2) is 23.0 Å². The van der Waals surface area contributed by atoms with Crippen LogP contribution in [-0.2, 0) is 0 Å². The number of ketones is 4. The Morgan fingerprint density at radius 2 is 0.611 bits per heavy atom. The highest BCUT2D eigenvalue weighted by Crippen LogP contribution is 2.55. The number of phenols is 6. The van der Waals surface area contributed by atoms with Gasteiger partial charge < -0.3 is 51.1 Å². The smallest absolute Gasteiger partial charge is 0.236 e. The summed E-state index contributed by atoms with van der Waals surface area (Å²) >= 11 is 0. The molecule has 14 nitrogen and oxygen atoms in total. The molecule has 0 fully saturated rings. The fraction of sp³-hybridized carbons (Fsp3) is 0.0909. The zero-order chi connectivity index (χ0) is 27.1. The van der Waals surface area contributed by atoms with E-state index in [9.17, 15) is 70.2 Å². The average Bonchev–Trinajstić information content (AvgIpc) is 2.83. The van der Waals surface area contributed by atoms with Gasteiger partial charge in [0.1, 0.15) is 11.5 Å². The normalized spacial score (nSPS) is 15.6. The summed E-state index contributed by atoms with van der Waals surface area (Å²) in [5.74, 6) is -21.7. The Balaban J connectivity index is 2.05. The van der Waals surface area contributed by atoms with Crippen molar-refractivity contribution < 1.29 is 70.2 Å². The van der Waals surface area contributed by atoms with E-state index in [2.05, 4.69) is 0 Å². The molecule has 0 aliphatic heterocycles. The fourth-order valence-electron chi connectivity index (χ4n) is 4.21. The quantitative estimate of drug-likeness (QED) is 0.206. The number of phenolic OH excluding ortho intramolecular Hbond substituents is 6. The molecular formula is C22H14O14. The monoisotopic (exact) mass is 502 g/mol. The van der Waals surface area contributed by atoms with Gasteiger partial charge in [-0.2, -0.15) is 0 Å². The van der Waals surface area contributed by atoms with Crippen LogP contribution in [0.4, 0.5) is 0 Å². The summed E-state index contributed by atoms with van der Waals surface area (Å²) in [6, 6.07) is 0. The minimum Gasteiger partial charge on any atom is -0.507 e. The van der Waals surface area contributed by atoms with Crippen LogP contribution >= 0.6 is 0 Å². The van der Waals surface area contributed by atoms with E-state index in [1.54, 1.807) is 0 Å². The molecule has 2 aromatic rings. The molecule has 0 radical (unpaired) electrons. The fourth-order valence-corrected chi connectivity index (χ4v) is 4.21. The lowest BCUT2D eigenvalue weighted by Crippen LogP contribution is -2.24. The topological polar surface area (TPSA) is 271 Å². The van der Waals surface area contributed by atoms with Crippen molar-refractivity contribution in [1.82, 2.24) is 0 Å². The van der Waals surface area contributed by atoms with Crippen molar-refractivity contribution in [1.29, 1.82) is 0 Å². The number of rotatable bonds is 2. The van der Waals surface area contributed by atoms with Crippen LogP contribution in [0.3, 0.4) is 0 Å². The lowest BCUT2D eigenvalue weighted by atomic mass is 9.80. The number of allylic oxidation sites excluding steroid dienone is 4. The van der Waals surface area contributed by atoms with Gasteiger partial charge in [-0.1, -0.05) is 6.92 Å². The van der Waals surface area contributed by atoms with Gasteiger partial charge in [0.25, 0.3) is 0 Å². The Morgan fingerprint density at radius 1 is 0.389 bits per heavy atom. The van der Waals surface area contributed by atoms with Gasteiger partial charge >= 0.3 is 0 Å². The first kappa shape index (κ1) is 23.7. The molecule has 0 saturated heterocycles. The number of carbonyl (C=O) groups excluding carboxylic acids is 4. The van der Waals surface area contributed by atoms with Gasteiger partial charge in [0.2, 0.25) is 46.2 Å². The van der Waals surface area contributed by atoms with Gasteiger partial charge in [0.15, 0.2) is 23.0 Å². The van der Waals surface area contributed by atoms with Gasteiger partial charge in [-0.05, 0) is 0 Å². The van der Waals surface area contributed by atoms with E-state index in [0.717, 1.165) is 6.92 Å². The van der Waals surface area contributed by atoms with Crippen LogP contribution < -0.4 is 0 Å². The van der Waals surface area contributed by atoms with Gasteiger partial charge in [0.05, 0.1) is 22.3 Å². The highest BCUT2D eigenvalue weighted by atomic mass is 16.3. The van der Waals surface area contributed by atoms with Crippen molar-refractivity contribution in [2.24, 2.45) is 0 Å². The van der Waals surface area contributed by atoms with E-state index in [1.165, 1.54) is 0 Å². The zero-order valence-electron chi connectivity index (χ0n) is 17.7. The van der Waals surface area contributed by atoms with Crippen LogP contribution in [0.2, 0.25) is 0 Å². The number of fused-ring (bicyclic) bond motifs is 2. The summed E-state index contributed by atoms with van der Waals surface area (Å²) in [7, 11) is 0. The third kappa shape index (κ3) is 2.65. The summed E-state index contributed by atoms with van der Waals surface area (Å²) in [4.78, 5) is 49.4. The van der Waals surface area contributed by atoms with Crippen LogP contribution in [0.1, 0.15) is 65.4 Å². The maximum absolute atomic E-state index is 12.4. The number of aromatic hydroxyl groups is 6. The van der Waals surface area contributed by atoms with Crippen LogP contribution in [0, 0.1) is 0 Å². The minimum atomic E-state index is -1.76. The molecule has 2 aliphatic rings. The maximum atomic E-state index is 12.4. The molecule has 14 heteroatoms. The van der Waals surface area contributed by atoms with Crippen molar-refractivity contribution in [3.63, 3.8) is 0 Å². The molecule has 0 unspecified atom stereocenters.